The van der Waals surface area contributed by atoms with Crippen LogP contribution in [0.4, 0.5) is 0 Å². The lowest BCUT2D eigenvalue weighted by atomic mass is 9.70. The lowest BCUT2D eigenvalue weighted by Gasteiger charge is -2.43. The highest BCUT2D eigenvalue weighted by molar-refractivity contribution is 7.91. The van der Waals surface area contributed by atoms with Crippen molar-refractivity contribution in [2.75, 3.05) is 12.8 Å². The van der Waals surface area contributed by atoms with Crippen molar-refractivity contribution in [2.45, 2.75) is 76.5 Å². The van der Waals surface area contributed by atoms with Crippen LogP contribution in [0.15, 0.2) is 0 Å². The molecule has 0 saturated heterocycles. The molecule has 0 radical (unpaired) electrons. The SMILES string of the molecule is CCNC(C1CCCC(S(C)(=O)=O)C1)C1(C)CCCC1. The van der Waals surface area contributed by atoms with Gasteiger partial charge in [0.15, 0.2) is 0 Å². The van der Waals surface area contributed by atoms with E-state index in [0.29, 0.717) is 17.4 Å². The van der Waals surface area contributed by atoms with E-state index in [1.165, 1.54) is 38.4 Å². The van der Waals surface area contributed by atoms with Crippen molar-refractivity contribution in [1.29, 1.82) is 0 Å². The number of nitrogens with one attached hydrogen (secondary N) is 1. The Hall–Kier alpha value is -0.0900. The van der Waals surface area contributed by atoms with E-state index in [4.69, 9.17) is 0 Å². The maximum atomic E-state index is 11.9. The molecule has 2 fully saturated rings. The van der Waals surface area contributed by atoms with E-state index < -0.39 is 9.84 Å². The van der Waals surface area contributed by atoms with Gasteiger partial charge in [-0.25, -0.2) is 8.42 Å². The lowest BCUT2D eigenvalue weighted by Crippen LogP contribution is -2.49. The number of hydrogen-bond acceptors (Lipinski definition) is 3. The molecule has 2 saturated carbocycles. The second-order valence-corrected chi connectivity index (χ2v) is 9.60. The van der Waals surface area contributed by atoms with Crippen LogP contribution in [-0.4, -0.2) is 32.5 Å². The Balaban J connectivity index is 2.12. The van der Waals surface area contributed by atoms with E-state index in [2.05, 4.69) is 19.2 Å². The number of sulfone groups is 1. The first-order valence-corrected chi connectivity index (χ1v) is 10.2. The van der Waals surface area contributed by atoms with Crippen LogP contribution < -0.4 is 5.32 Å². The normalized spacial score (nSPS) is 32.1. The van der Waals surface area contributed by atoms with E-state index in [1.807, 2.05) is 0 Å². The third kappa shape index (κ3) is 3.56. The van der Waals surface area contributed by atoms with Crippen LogP contribution in [-0.2, 0) is 9.84 Å². The van der Waals surface area contributed by atoms with Gasteiger partial charge in [-0.2, -0.15) is 0 Å². The third-order valence-electron chi connectivity index (χ3n) is 5.66. The fourth-order valence-electron chi connectivity index (χ4n) is 4.57. The van der Waals surface area contributed by atoms with E-state index >= 15 is 0 Å². The molecule has 20 heavy (non-hydrogen) atoms. The van der Waals surface area contributed by atoms with Crippen LogP contribution in [0.2, 0.25) is 0 Å². The van der Waals surface area contributed by atoms with Crippen LogP contribution in [0.5, 0.6) is 0 Å². The Bertz CT molecular complexity index is 412. The number of rotatable bonds is 5. The zero-order valence-electron chi connectivity index (χ0n) is 13.3. The molecule has 2 aliphatic rings. The molecule has 3 unspecified atom stereocenters. The highest BCUT2D eigenvalue weighted by Crippen LogP contribution is 2.46. The smallest absolute Gasteiger partial charge is 0.150 e. The fourth-order valence-corrected chi connectivity index (χ4v) is 5.76. The van der Waals surface area contributed by atoms with Crippen molar-refractivity contribution in [3.8, 4) is 0 Å². The summed E-state index contributed by atoms with van der Waals surface area (Å²) in [7, 11) is -2.88. The summed E-state index contributed by atoms with van der Waals surface area (Å²) >= 11 is 0. The summed E-state index contributed by atoms with van der Waals surface area (Å²) in [6.45, 7) is 5.57. The molecule has 3 atom stereocenters. The van der Waals surface area contributed by atoms with Crippen LogP contribution in [0, 0.1) is 11.3 Å². The highest BCUT2D eigenvalue weighted by Gasteiger charge is 2.43. The summed E-state index contributed by atoms with van der Waals surface area (Å²) in [6.07, 6.45) is 10.7. The molecule has 0 amide bonds. The van der Waals surface area contributed by atoms with Gasteiger partial charge in [0, 0.05) is 12.3 Å². The van der Waals surface area contributed by atoms with Crippen molar-refractivity contribution in [2.24, 2.45) is 11.3 Å². The topological polar surface area (TPSA) is 46.2 Å². The first kappa shape index (κ1) is 16.3. The predicted octanol–water partition coefficient (Wildman–Crippen LogP) is 3.15. The number of hydrogen-bond donors (Lipinski definition) is 1. The first-order chi connectivity index (χ1) is 9.37. The standard InChI is InChI=1S/C16H31NO2S/c1-4-17-15(16(2)10-5-6-11-16)13-8-7-9-14(12-13)20(3,18)19/h13-15,17H,4-12H2,1-3H3. The molecular weight excluding hydrogens is 270 g/mol. The van der Waals surface area contributed by atoms with Crippen molar-refractivity contribution in [3.05, 3.63) is 0 Å². The molecule has 2 rings (SSSR count). The van der Waals surface area contributed by atoms with E-state index in [-0.39, 0.29) is 5.25 Å². The van der Waals surface area contributed by atoms with Gasteiger partial charge in [0.1, 0.15) is 9.84 Å². The van der Waals surface area contributed by atoms with E-state index in [0.717, 1.165) is 25.8 Å². The molecule has 0 heterocycles. The average molecular weight is 301 g/mol. The van der Waals surface area contributed by atoms with Gasteiger partial charge in [-0.1, -0.05) is 33.1 Å². The Morgan fingerprint density at radius 3 is 2.40 bits per heavy atom. The lowest BCUT2D eigenvalue weighted by molar-refractivity contribution is 0.133. The molecule has 1 N–H and O–H groups in total. The molecule has 0 bridgehead atoms. The molecule has 0 aliphatic heterocycles. The van der Waals surface area contributed by atoms with Crippen LogP contribution in [0.1, 0.15) is 65.2 Å². The quantitative estimate of drug-likeness (QED) is 0.848. The van der Waals surface area contributed by atoms with Gasteiger partial charge in [0.2, 0.25) is 0 Å². The Morgan fingerprint density at radius 2 is 1.85 bits per heavy atom. The molecule has 0 aromatic rings. The largest absolute Gasteiger partial charge is 0.313 e. The van der Waals surface area contributed by atoms with Gasteiger partial charge in [0.25, 0.3) is 0 Å². The second-order valence-electron chi connectivity index (χ2n) is 7.27. The summed E-state index contributed by atoms with van der Waals surface area (Å²) in [5, 5.41) is 3.61. The third-order valence-corrected chi connectivity index (χ3v) is 7.30. The van der Waals surface area contributed by atoms with E-state index in [1.54, 1.807) is 0 Å². The molecule has 3 nitrogen and oxygen atoms in total. The zero-order chi connectivity index (χ0) is 14.8. The molecule has 0 spiro atoms. The molecule has 2 aliphatic carbocycles. The summed E-state index contributed by atoms with van der Waals surface area (Å²) in [5.74, 6) is 0.534. The van der Waals surface area contributed by atoms with Crippen molar-refractivity contribution in [1.82, 2.24) is 5.32 Å². The van der Waals surface area contributed by atoms with Gasteiger partial charge in [-0.15, -0.1) is 0 Å². The van der Waals surface area contributed by atoms with E-state index in [9.17, 15) is 8.42 Å². The summed E-state index contributed by atoms with van der Waals surface area (Å²) in [6, 6.07) is 0.500. The summed E-state index contributed by atoms with van der Waals surface area (Å²) in [5.41, 5.74) is 0.375. The Kier molecular flexibility index (Phi) is 5.17. The minimum atomic E-state index is -2.88. The van der Waals surface area contributed by atoms with Crippen molar-refractivity contribution >= 4 is 9.84 Å². The van der Waals surface area contributed by atoms with Gasteiger partial charge in [0.05, 0.1) is 5.25 Å². The molecule has 4 heteroatoms. The van der Waals surface area contributed by atoms with Gasteiger partial charge >= 0.3 is 0 Å². The van der Waals surface area contributed by atoms with Crippen LogP contribution in [0.3, 0.4) is 0 Å². The molecule has 0 aromatic heterocycles. The maximum Gasteiger partial charge on any atom is 0.150 e. The van der Waals surface area contributed by atoms with Crippen molar-refractivity contribution < 1.29 is 8.42 Å². The Labute approximate surface area is 124 Å². The minimum Gasteiger partial charge on any atom is -0.313 e. The molecular formula is C16H31NO2S. The first-order valence-electron chi connectivity index (χ1n) is 8.29. The van der Waals surface area contributed by atoms with Crippen LogP contribution >= 0.6 is 0 Å². The van der Waals surface area contributed by atoms with Gasteiger partial charge in [-0.3, -0.25) is 0 Å². The molecule has 0 aromatic carbocycles. The summed E-state index contributed by atoms with van der Waals surface area (Å²) in [4.78, 5) is 0. The van der Waals surface area contributed by atoms with Gasteiger partial charge in [-0.05, 0) is 50.0 Å². The predicted molar refractivity (Wildman–Crippen MR) is 84.6 cm³/mol. The minimum absolute atomic E-state index is 0.104. The molecule has 118 valence electrons. The average Bonchev–Trinajstić information content (AvgIpc) is 2.83. The zero-order valence-corrected chi connectivity index (χ0v) is 14.1. The fraction of sp³-hybridized carbons (Fsp3) is 1.00. The Morgan fingerprint density at radius 1 is 1.20 bits per heavy atom. The monoisotopic (exact) mass is 301 g/mol. The maximum absolute atomic E-state index is 11.9. The second kappa shape index (κ2) is 6.35. The highest BCUT2D eigenvalue weighted by atomic mass is 32.2. The van der Waals surface area contributed by atoms with Crippen molar-refractivity contribution in [3.63, 3.8) is 0 Å². The summed E-state index contributed by atoms with van der Waals surface area (Å²) < 4.78 is 23.8. The van der Waals surface area contributed by atoms with Crippen LogP contribution in [0.25, 0.3) is 0 Å². The van der Waals surface area contributed by atoms with Gasteiger partial charge < -0.3 is 5.32 Å².